The maximum absolute atomic E-state index is 11.5. The Labute approximate surface area is 119 Å². The fourth-order valence-corrected chi connectivity index (χ4v) is 2.59. The van der Waals surface area contributed by atoms with Gasteiger partial charge in [0.2, 0.25) is 11.8 Å². The van der Waals surface area contributed by atoms with Crippen molar-refractivity contribution in [2.45, 2.75) is 19.4 Å². The van der Waals surface area contributed by atoms with E-state index in [0.29, 0.717) is 13.1 Å². The molecule has 1 aromatic rings. The van der Waals surface area contributed by atoms with Crippen LogP contribution in [0.3, 0.4) is 0 Å². The summed E-state index contributed by atoms with van der Waals surface area (Å²) in [5, 5.41) is 0. The highest BCUT2D eigenvalue weighted by molar-refractivity contribution is 5.86. The Morgan fingerprint density at radius 3 is 2.55 bits per heavy atom. The fraction of sp³-hybridized carbons (Fsp3) is 0.467. The summed E-state index contributed by atoms with van der Waals surface area (Å²) in [6, 6.07) is 9.73. The van der Waals surface area contributed by atoms with Gasteiger partial charge >= 0.3 is 0 Å². The fourth-order valence-electron chi connectivity index (χ4n) is 2.59. The standard InChI is InChI=1S/C15H21N3O2/c1-12(19)18-10-9-17(11-14(18)15(16)20)8-7-13-5-3-2-4-6-13/h2-6,14H,7-11H2,1H3,(H2,16,20)/t14-/m0/s1. The zero-order valence-electron chi connectivity index (χ0n) is 11.8. The van der Waals surface area contributed by atoms with Crippen LogP contribution in [0.2, 0.25) is 0 Å². The van der Waals surface area contributed by atoms with Gasteiger partial charge in [0.1, 0.15) is 6.04 Å². The molecule has 2 amide bonds. The first-order chi connectivity index (χ1) is 9.58. The van der Waals surface area contributed by atoms with Crippen molar-refractivity contribution in [3.8, 4) is 0 Å². The minimum absolute atomic E-state index is 0.0866. The Hall–Kier alpha value is -1.88. The first kappa shape index (κ1) is 14.5. The van der Waals surface area contributed by atoms with Crippen LogP contribution >= 0.6 is 0 Å². The molecule has 0 saturated carbocycles. The second-order valence-electron chi connectivity index (χ2n) is 5.17. The first-order valence-corrected chi connectivity index (χ1v) is 6.90. The zero-order chi connectivity index (χ0) is 14.5. The van der Waals surface area contributed by atoms with Gasteiger partial charge in [-0.25, -0.2) is 0 Å². The molecule has 1 aromatic carbocycles. The van der Waals surface area contributed by atoms with Crippen molar-refractivity contribution in [2.75, 3.05) is 26.2 Å². The number of nitrogens with zero attached hydrogens (tertiary/aromatic N) is 2. The molecule has 5 heteroatoms. The molecule has 0 spiro atoms. The van der Waals surface area contributed by atoms with Gasteiger partial charge in [-0.3, -0.25) is 14.5 Å². The Morgan fingerprint density at radius 1 is 1.25 bits per heavy atom. The number of benzene rings is 1. The van der Waals surface area contributed by atoms with Crippen LogP contribution in [0.15, 0.2) is 30.3 Å². The average Bonchev–Trinajstić information content (AvgIpc) is 2.45. The average molecular weight is 275 g/mol. The summed E-state index contributed by atoms with van der Waals surface area (Å²) >= 11 is 0. The Morgan fingerprint density at radius 2 is 1.95 bits per heavy atom. The summed E-state index contributed by atoms with van der Waals surface area (Å²) in [5.41, 5.74) is 6.68. The Balaban J connectivity index is 1.92. The maximum Gasteiger partial charge on any atom is 0.241 e. The quantitative estimate of drug-likeness (QED) is 0.856. The first-order valence-electron chi connectivity index (χ1n) is 6.90. The van der Waals surface area contributed by atoms with Crippen LogP contribution in [0.5, 0.6) is 0 Å². The number of carbonyl (C=O) groups is 2. The number of amides is 2. The molecule has 20 heavy (non-hydrogen) atoms. The molecule has 1 saturated heterocycles. The lowest BCUT2D eigenvalue weighted by Gasteiger charge is -2.39. The lowest BCUT2D eigenvalue weighted by Crippen LogP contribution is -2.59. The van der Waals surface area contributed by atoms with E-state index in [0.717, 1.165) is 19.5 Å². The minimum atomic E-state index is -0.503. The number of hydrogen-bond acceptors (Lipinski definition) is 3. The molecule has 1 heterocycles. The minimum Gasteiger partial charge on any atom is -0.368 e. The van der Waals surface area contributed by atoms with E-state index < -0.39 is 11.9 Å². The van der Waals surface area contributed by atoms with Crippen LogP contribution in [0, 0.1) is 0 Å². The summed E-state index contributed by atoms with van der Waals surface area (Å²) in [7, 11) is 0. The van der Waals surface area contributed by atoms with E-state index in [4.69, 9.17) is 5.73 Å². The molecular formula is C15H21N3O2. The molecule has 1 aliphatic heterocycles. The van der Waals surface area contributed by atoms with Crippen LogP contribution in [0.1, 0.15) is 12.5 Å². The third-order valence-electron chi connectivity index (χ3n) is 3.76. The van der Waals surface area contributed by atoms with Gasteiger partial charge in [-0.2, -0.15) is 0 Å². The van der Waals surface area contributed by atoms with E-state index in [1.807, 2.05) is 18.2 Å². The largest absolute Gasteiger partial charge is 0.368 e. The van der Waals surface area contributed by atoms with Crippen molar-refractivity contribution in [2.24, 2.45) is 5.73 Å². The maximum atomic E-state index is 11.5. The Kier molecular flexibility index (Phi) is 4.74. The smallest absolute Gasteiger partial charge is 0.241 e. The van der Waals surface area contributed by atoms with Crippen molar-refractivity contribution in [1.82, 2.24) is 9.80 Å². The van der Waals surface area contributed by atoms with Gasteiger partial charge in [0.25, 0.3) is 0 Å². The molecule has 1 atom stereocenters. The second-order valence-corrected chi connectivity index (χ2v) is 5.17. The number of primary amides is 1. The van der Waals surface area contributed by atoms with Crippen LogP contribution in [-0.4, -0.2) is 53.8 Å². The van der Waals surface area contributed by atoms with Crippen LogP contribution in [0.4, 0.5) is 0 Å². The number of carbonyl (C=O) groups excluding carboxylic acids is 2. The summed E-state index contributed by atoms with van der Waals surface area (Å²) in [4.78, 5) is 26.8. The molecule has 1 fully saturated rings. The van der Waals surface area contributed by atoms with E-state index >= 15 is 0 Å². The predicted molar refractivity (Wildman–Crippen MR) is 77.0 cm³/mol. The van der Waals surface area contributed by atoms with Gasteiger partial charge in [0.15, 0.2) is 0 Å². The van der Waals surface area contributed by atoms with E-state index in [1.165, 1.54) is 12.5 Å². The van der Waals surface area contributed by atoms with E-state index in [2.05, 4.69) is 17.0 Å². The van der Waals surface area contributed by atoms with Gasteiger partial charge in [-0.15, -0.1) is 0 Å². The van der Waals surface area contributed by atoms with Crippen molar-refractivity contribution < 1.29 is 9.59 Å². The van der Waals surface area contributed by atoms with Crippen molar-refractivity contribution in [3.05, 3.63) is 35.9 Å². The molecule has 0 aliphatic carbocycles. The molecule has 5 nitrogen and oxygen atoms in total. The third-order valence-corrected chi connectivity index (χ3v) is 3.76. The van der Waals surface area contributed by atoms with Crippen LogP contribution in [0.25, 0.3) is 0 Å². The summed E-state index contributed by atoms with van der Waals surface area (Å²) in [6.07, 6.45) is 0.937. The summed E-state index contributed by atoms with van der Waals surface area (Å²) < 4.78 is 0. The van der Waals surface area contributed by atoms with Gasteiger partial charge in [0, 0.05) is 33.1 Å². The molecule has 0 aromatic heterocycles. The highest BCUT2D eigenvalue weighted by atomic mass is 16.2. The SMILES string of the molecule is CC(=O)N1CCN(CCc2ccccc2)C[C@H]1C(N)=O. The summed E-state index contributed by atoms with van der Waals surface area (Å²) in [5.74, 6) is -0.513. The number of rotatable bonds is 4. The van der Waals surface area contributed by atoms with Crippen LogP contribution in [-0.2, 0) is 16.0 Å². The number of nitrogens with two attached hydrogens (primary N) is 1. The Bertz CT molecular complexity index is 475. The molecule has 0 bridgehead atoms. The monoisotopic (exact) mass is 275 g/mol. The molecule has 108 valence electrons. The highest BCUT2D eigenvalue weighted by Gasteiger charge is 2.32. The van der Waals surface area contributed by atoms with E-state index in [-0.39, 0.29) is 5.91 Å². The van der Waals surface area contributed by atoms with Gasteiger partial charge in [0.05, 0.1) is 0 Å². The topological polar surface area (TPSA) is 66.6 Å². The van der Waals surface area contributed by atoms with Gasteiger partial charge < -0.3 is 10.6 Å². The van der Waals surface area contributed by atoms with E-state index in [9.17, 15) is 9.59 Å². The lowest BCUT2D eigenvalue weighted by atomic mass is 10.1. The predicted octanol–water partition coefficient (Wildman–Crippen LogP) is 0.247. The lowest BCUT2D eigenvalue weighted by molar-refractivity contribution is -0.141. The van der Waals surface area contributed by atoms with Crippen molar-refractivity contribution in [3.63, 3.8) is 0 Å². The zero-order valence-corrected chi connectivity index (χ0v) is 11.8. The molecule has 0 unspecified atom stereocenters. The highest BCUT2D eigenvalue weighted by Crippen LogP contribution is 2.11. The molecule has 2 N–H and O–H groups in total. The van der Waals surface area contributed by atoms with Crippen molar-refractivity contribution >= 4 is 11.8 Å². The number of hydrogen-bond donors (Lipinski definition) is 1. The summed E-state index contributed by atoms with van der Waals surface area (Å²) in [6.45, 7) is 4.24. The van der Waals surface area contributed by atoms with Crippen molar-refractivity contribution in [1.29, 1.82) is 0 Å². The molecule has 1 aliphatic rings. The third kappa shape index (κ3) is 3.57. The van der Waals surface area contributed by atoms with E-state index in [1.54, 1.807) is 4.90 Å². The van der Waals surface area contributed by atoms with Gasteiger partial charge in [-0.05, 0) is 12.0 Å². The molecule has 2 rings (SSSR count). The van der Waals surface area contributed by atoms with Crippen LogP contribution < -0.4 is 5.73 Å². The van der Waals surface area contributed by atoms with Gasteiger partial charge in [-0.1, -0.05) is 30.3 Å². The second kappa shape index (κ2) is 6.52. The number of piperazine rings is 1. The molecular weight excluding hydrogens is 254 g/mol. The molecule has 0 radical (unpaired) electrons. The normalized spacial score (nSPS) is 19.9.